The van der Waals surface area contributed by atoms with Crippen molar-refractivity contribution in [2.45, 2.75) is 0 Å². The van der Waals surface area contributed by atoms with Crippen molar-refractivity contribution in [3.05, 3.63) is 32.2 Å². The molecule has 7 heteroatoms. The van der Waals surface area contributed by atoms with E-state index in [1.54, 1.807) is 18.2 Å². The summed E-state index contributed by atoms with van der Waals surface area (Å²) in [5.74, 6) is 0. The van der Waals surface area contributed by atoms with Crippen molar-refractivity contribution in [1.82, 2.24) is 10.2 Å². The van der Waals surface area contributed by atoms with E-state index in [2.05, 4.69) is 31.4 Å². The molecule has 3 nitrogen and oxygen atoms in total. The van der Waals surface area contributed by atoms with Crippen LogP contribution in [0.15, 0.2) is 22.1 Å². The van der Waals surface area contributed by atoms with Gasteiger partial charge in [-0.2, -0.15) is 0 Å². The van der Waals surface area contributed by atoms with Crippen LogP contribution in [0.5, 0.6) is 0 Å². The summed E-state index contributed by atoms with van der Waals surface area (Å²) in [5.41, 5.74) is 0.643. The van der Waals surface area contributed by atoms with Crippen LogP contribution >= 0.6 is 50.5 Å². The summed E-state index contributed by atoms with van der Waals surface area (Å²) in [4.78, 5) is 0. The number of nitrogens with zero attached hydrogens (tertiary/aromatic N) is 2. The quantitative estimate of drug-likeness (QED) is 0.892. The Balaban J connectivity index is 2.31. The Kier molecular flexibility index (Phi) is 3.45. The molecular formula is C8H4BrCl2N3S. The van der Waals surface area contributed by atoms with Crippen LogP contribution in [0.4, 0.5) is 10.8 Å². The Hall–Kier alpha value is -0.360. The molecule has 0 saturated heterocycles. The van der Waals surface area contributed by atoms with Gasteiger partial charge in [-0.3, -0.25) is 0 Å². The molecule has 0 radical (unpaired) electrons. The fraction of sp³-hybridized carbons (Fsp3) is 0. The highest BCUT2D eigenvalue weighted by Crippen LogP contribution is 2.33. The predicted molar refractivity (Wildman–Crippen MR) is 67.4 cm³/mol. The topological polar surface area (TPSA) is 37.8 Å². The summed E-state index contributed by atoms with van der Waals surface area (Å²) < 4.78 is 0.702. The summed E-state index contributed by atoms with van der Waals surface area (Å²) in [6.45, 7) is 0. The largest absolute Gasteiger partial charge is 0.328 e. The van der Waals surface area contributed by atoms with E-state index in [-0.39, 0.29) is 0 Å². The molecule has 0 aliphatic rings. The van der Waals surface area contributed by atoms with Gasteiger partial charge in [-0.05, 0) is 28.1 Å². The summed E-state index contributed by atoms with van der Waals surface area (Å²) in [6.07, 6.45) is 0. The maximum Gasteiger partial charge on any atom is 0.210 e. The minimum absolute atomic E-state index is 0.550. The van der Waals surface area contributed by atoms with E-state index in [0.29, 0.717) is 24.8 Å². The molecule has 0 atom stereocenters. The van der Waals surface area contributed by atoms with E-state index < -0.39 is 0 Å². The monoisotopic (exact) mass is 323 g/mol. The van der Waals surface area contributed by atoms with Crippen molar-refractivity contribution in [3.8, 4) is 0 Å². The molecular weight excluding hydrogens is 321 g/mol. The fourth-order valence-corrected chi connectivity index (χ4v) is 2.49. The zero-order chi connectivity index (χ0) is 10.8. The first-order valence-corrected chi connectivity index (χ1v) is 6.23. The van der Waals surface area contributed by atoms with Gasteiger partial charge < -0.3 is 5.32 Å². The number of hydrogen-bond acceptors (Lipinski definition) is 4. The minimum Gasteiger partial charge on any atom is -0.328 e. The molecule has 0 aliphatic carbocycles. The molecule has 2 rings (SSSR count). The summed E-state index contributed by atoms with van der Waals surface area (Å²) in [6, 6.07) is 5.30. The second-order valence-corrected chi connectivity index (χ2v) is 5.65. The Morgan fingerprint density at radius 2 is 1.87 bits per heavy atom. The first kappa shape index (κ1) is 11.1. The van der Waals surface area contributed by atoms with E-state index in [9.17, 15) is 0 Å². The molecule has 0 saturated carbocycles. The molecule has 0 fully saturated rings. The van der Waals surface area contributed by atoms with Crippen molar-refractivity contribution < 1.29 is 0 Å². The first-order chi connectivity index (χ1) is 7.16. The minimum atomic E-state index is 0.550. The molecule has 1 N–H and O–H groups in total. The second-order valence-electron chi connectivity index (χ2n) is 2.58. The molecule has 78 valence electrons. The van der Waals surface area contributed by atoms with E-state index >= 15 is 0 Å². The maximum absolute atomic E-state index is 5.98. The number of halogens is 3. The van der Waals surface area contributed by atoms with Crippen LogP contribution in [-0.2, 0) is 0 Å². The number of hydrogen-bond donors (Lipinski definition) is 1. The lowest BCUT2D eigenvalue weighted by Gasteiger charge is -2.06. The van der Waals surface area contributed by atoms with E-state index in [4.69, 9.17) is 23.2 Å². The van der Waals surface area contributed by atoms with Gasteiger partial charge in [0.1, 0.15) is 0 Å². The Labute approximate surface area is 109 Å². The van der Waals surface area contributed by atoms with Crippen molar-refractivity contribution in [2.75, 3.05) is 5.32 Å². The number of aromatic nitrogens is 2. The standard InChI is InChI=1S/C8H4BrCl2N3S/c9-7-13-14-8(15-7)12-6-4(10)2-1-3-5(6)11/h1-3H,(H,12,14). The Morgan fingerprint density at radius 1 is 1.20 bits per heavy atom. The second kappa shape index (κ2) is 4.65. The number of anilines is 2. The lowest BCUT2D eigenvalue weighted by atomic mass is 10.3. The van der Waals surface area contributed by atoms with Crippen LogP contribution in [0.3, 0.4) is 0 Å². The smallest absolute Gasteiger partial charge is 0.210 e. The van der Waals surface area contributed by atoms with Gasteiger partial charge in [0.05, 0.1) is 15.7 Å². The third-order valence-corrected chi connectivity index (χ3v) is 3.50. The SMILES string of the molecule is Clc1cccc(Cl)c1Nc1nnc(Br)s1. The fourth-order valence-electron chi connectivity index (χ4n) is 0.980. The lowest BCUT2D eigenvalue weighted by molar-refractivity contribution is 1.07. The molecule has 2 aromatic rings. The number of benzene rings is 1. The first-order valence-electron chi connectivity index (χ1n) is 3.87. The van der Waals surface area contributed by atoms with Gasteiger partial charge in [0.2, 0.25) is 5.13 Å². The Bertz CT molecular complexity index is 468. The molecule has 0 unspecified atom stereocenters. The van der Waals surface area contributed by atoms with E-state index in [1.807, 2.05) is 0 Å². The summed E-state index contributed by atoms with van der Waals surface area (Å²) >= 11 is 16.6. The molecule has 0 bridgehead atoms. The highest BCUT2D eigenvalue weighted by atomic mass is 79.9. The van der Waals surface area contributed by atoms with Crippen LogP contribution in [0.2, 0.25) is 10.0 Å². The van der Waals surface area contributed by atoms with Gasteiger partial charge in [-0.25, -0.2) is 0 Å². The summed E-state index contributed by atoms with van der Waals surface area (Å²) in [5, 5.41) is 12.4. The third kappa shape index (κ3) is 2.60. The molecule has 15 heavy (non-hydrogen) atoms. The van der Waals surface area contributed by atoms with Crippen molar-refractivity contribution in [2.24, 2.45) is 0 Å². The van der Waals surface area contributed by atoms with Gasteiger partial charge in [0.15, 0.2) is 3.92 Å². The van der Waals surface area contributed by atoms with Crippen LogP contribution in [0, 0.1) is 0 Å². The predicted octanol–water partition coefficient (Wildman–Crippen LogP) is 4.35. The van der Waals surface area contributed by atoms with Gasteiger partial charge in [0.25, 0.3) is 0 Å². The zero-order valence-electron chi connectivity index (χ0n) is 7.17. The highest BCUT2D eigenvalue weighted by Gasteiger charge is 2.08. The average Bonchev–Trinajstić information content (AvgIpc) is 2.58. The van der Waals surface area contributed by atoms with Gasteiger partial charge in [0, 0.05) is 0 Å². The van der Waals surface area contributed by atoms with Gasteiger partial charge >= 0.3 is 0 Å². The van der Waals surface area contributed by atoms with Crippen LogP contribution in [-0.4, -0.2) is 10.2 Å². The average molecular weight is 325 g/mol. The number of rotatable bonds is 2. The van der Waals surface area contributed by atoms with Crippen LogP contribution in [0.1, 0.15) is 0 Å². The van der Waals surface area contributed by atoms with Crippen LogP contribution < -0.4 is 5.32 Å². The molecule has 1 heterocycles. The molecule has 1 aromatic carbocycles. The van der Waals surface area contributed by atoms with Crippen LogP contribution in [0.25, 0.3) is 0 Å². The number of para-hydroxylation sites is 1. The van der Waals surface area contributed by atoms with Crippen molar-refractivity contribution >= 4 is 61.3 Å². The maximum atomic E-state index is 5.98. The Morgan fingerprint density at radius 3 is 2.40 bits per heavy atom. The van der Waals surface area contributed by atoms with Crippen molar-refractivity contribution in [1.29, 1.82) is 0 Å². The summed E-state index contributed by atoms with van der Waals surface area (Å²) in [7, 11) is 0. The van der Waals surface area contributed by atoms with Gasteiger partial charge in [-0.1, -0.05) is 40.6 Å². The highest BCUT2D eigenvalue weighted by molar-refractivity contribution is 9.11. The molecule has 1 aromatic heterocycles. The molecule has 0 amide bonds. The molecule has 0 aliphatic heterocycles. The number of nitrogens with one attached hydrogen (secondary N) is 1. The third-order valence-electron chi connectivity index (χ3n) is 1.60. The van der Waals surface area contributed by atoms with E-state index in [1.165, 1.54) is 11.3 Å². The van der Waals surface area contributed by atoms with Crippen molar-refractivity contribution in [3.63, 3.8) is 0 Å². The lowest BCUT2D eigenvalue weighted by Crippen LogP contribution is -1.91. The van der Waals surface area contributed by atoms with Gasteiger partial charge in [-0.15, -0.1) is 10.2 Å². The van der Waals surface area contributed by atoms with E-state index in [0.717, 1.165) is 0 Å². The zero-order valence-corrected chi connectivity index (χ0v) is 11.1. The normalized spacial score (nSPS) is 10.3. The molecule has 0 spiro atoms.